The van der Waals surface area contributed by atoms with Crippen LogP contribution in [0.15, 0.2) is 18.2 Å². The molecule has 4 unspecified atom stereocenters. The standard InChI is InChI=1S/C14H19FOS2/c1-8-4-5-11(15)6-12(8)14(16)13-7-17-9(2)10(3)18-13/h4-6,9-10,13-14,16H,7H2,1-3H3. The van der Waals surface area contributed by atoms with Gasteiger partial charge < -0.3 is 5.11 Å². The molecular weight excluding hydrogens is 267 g/mol. The maximum Gasteiger partial charge on any atom is 0.123 e. The molecule has 1 nitrogen and oxygen atoms in total. The van der Waals surface area contributed by atoms with Crippen molar-refractivity contribution < 1.29 is 9.50 Å². The summed E-state index contributed by atoms with van der Waals surface area (Å²) in [5, 5.41) is 11.8. The Morgan fingerprint density at radius 2 is 2.06 bits per heavy atom. The van der Waals surface area contributed by atoms with Crippen LogP contribution in [0.3, 0.4) is 0 Å². The van der Waals surface area contributed by atoms with E-state index in [0.29, 0.717) is 10.5 Å². The van der Waals surface area contributed by atoms with Gasteiger partial charge >= 0.3 is 0 Å². The summed E-state index contributed by atoms with van der Waals surface area (Å²) in [5.41, 5.74) is 1.69. The van der Waals surface area contributed by atoms with Crippen LogP contribution in [-0.4, -0.2) is 26.6 Å². The summed E-state index contributed by atoms with van der Waals surface area (Å²) >= 11 is 3.71. The van der Waals surface area contributed by atoms with Gasteiger partial charge in [0.25, 0.3) is 0 Å². The third-order valence-corrected chi connectivity index (χ3v) is 6.97. The molecule has 2 rings (SSSR count). The van der Waals surface area contributed by atoms with E-state index in [1.807, 2.05) is 30.4 Å². The molecule has 18 heavy (non-hydrogen) atoms. The molecule has 0 aromatic heterocycles. The van der Waals surface area contributed by atoms with E-state index in [2.05, 4.69) is 13.8 Å². The number of hydrogen-bond donors (Lipinski definition) is 1. The fourth-order valence-electron chi connectivity index (χ4n) is 2.10. The van der Waals surface area contributed by atoms with E-state index in [-0.39, 0.29) is 11.1 Å². The molecule has 4 heteroatoms. The monoisotopic (exact) mass is 286 g/mol. The van der Waals surface area contributed by atoms with Gasteiger partial charge in [-0.05, 0) is 30.2 Å². The molecule has 1 aliphatic rings. The number of aliphatic hydroxyl groups excluding tert-OH is 1. The van der Waals surface area contributed by atoms with Crippen molar-refractivity contribution in [3.63, 3.8) is 0 Å². The number of aryl methyl sites for hydroxylation is 1. The van der Waals surface area contributed by atoms with Crippen LogP contribution in [0.5, 0.6) is 0 Å². The number of rotatable bonds is 2. The summed E-state index contributed by atoms with van der Waals surface area (Å²) in [5.74, 6) is 0.650. The van der Waals surface area contributed by atoms with Crippen LogP contribution in [-0.2, 0) is 0 Å². The Morgan fingerprint density at radius 3 is 2.72 bits per heavy atom. The molecule has 1 saturated heterocycles. The zero-order chi connectivity index (χ0) is 13.3. The molecule has 0 bridgehead atoms. The van der Waals surface area contributed by atoms with E-state index >= 15 is 0 Å². The van der Waals surface area contributed by atoms with Crippen LogP contribution in [0.25, 0.3) is 0 Å². The number of thioether (sulfide) groups is 2. The van der Waals surface area contributed by atoms with Gasteiger partial charge in [0.05, 0.1) is 6.10 Å². The quantitative estimate of drug-likeness (QED) is 0.893. The smallest absolute Gasteiger partial charge is 0.123 e. The van der Waals surface area contributed by atoms with Crippen LogP contribution in [0.1, 0.15) is 31.1 Å². The molecule has 0 spiro atoms. The van der Waals surface area contributed by atoms with Gasteiger partial charge in [0.1, 0.15) is 5.82 Å². The molecule has 0 amide bonds. The summed E-state index contributed by atoms with van der Waals surface area (Å²) in [6, 6.07) is 4.65. The Labute approximate surface area is 117 Å². The molecule has 0 radical (unpaired) electrons. The third kappa shape index (κ3) is 3.03. The van der Waals surface area contributed by atoms with E-state index < -0.39 is 6.10 Å². The topological polar surface area (TPSA) is 20.2 Å². The van der Waals surface area contributed by atoms with E-state index in [1.165, 1.54) is 12.1 Å². The van der Waals surface area contributed by atoms with Gasteiger partial charge in [0, 0.05) is 21.5 Å². The minimum absolute atomic E-state index is 0.154. The molecule has 1 fully saturated rings. The number of halogens is 1. The second-order valence-electron chi connectivity index (χ2n) is 4.86. The van der Waals surface area contributed by atoms with Crippen LogP contribution in [0.4, 0.5) is 4.39 Å². The van der Waals surface area contributed by atoms with Crippen molar-refractivity contribution >= 4 is 23.5 Å². The summed E-state index contributed by atoms with van der Waals surface area (Å²) in [7, 11) is 0. The van der Waals surface area contributed by atoms with Crippen molar-refractivity contribution in [3.8, 4) is 0 Å². The molecule has 0 aliphatic carbocycles. The molecule has 1 aromatic carbocycles. The van der Waals surface area contributed by atoms with E-state index in [4.69, 9.17) is 0 Å². The second-order valence-corrected chi connectivity index (χ2v) is 7.90. The minimum Gasteiger partial charge on any atom is -0.387 e. The Kier molecular flexibility index (Phi) is 4.62. The highest BCUT2D eigenvalue weighted by Gasteiger charge is 2.31. The Balaban J connectivity index is 2.16. The molecule has 1 N–H and O–H groups in total. The molecule has 1 aromatic rings. The number of hydrogen-bond acceptors (Lipinski definition) is 3. The first kappa shape index (κ1) is 14.2. The van der Waals surface area contributed by atoms with Crippen LogP contribution >= 0.6 is 23.5 Å². The highest BCUT2D eigenvalue weighted by atomic mass is 32.2. The predicted octanol–water partition coefficient (Wildman–Crippen LogP) is 3.79. The van der Waals surface area contributed by atoms with E-state index in [0.717, 1.165) is 16.9 Å². The lowest BCUT2D eigenvalue weighted by Gasteiger charge is -2.34. The van der Waals surface area contributed by atoms with Gasteiger partial charge in [-0.15, -0.1) is 0 Å². The number of benzene rings is 1. The highest BCUT2D eigenvalue weighted by molar-refractivity contribution is 8.07. The highest BCUT2D eigenvalue weighted by Crippen LogP contribution is 2.41. The largest absolute Gasteiger partial charge is 0.387 e. The lowest BCUT2D eigenvalue weighted by Crippen LogP contribution is -2.30. The first-order chi connectivity index (χ1) is 8.49. The molecule has 1 heterocycles. The maximum absolute atomic E-state index is 13.3. The van der Waals surface area contributed by atoms with Gasteiger partial charge in [0.15, 0.2) is 0 Å². The molecule has 4 atom stereocenters. The minimum atomic E-state index is -0.576. The zero-order valence-electron chi connectivity index (χ0n) is 10.9. The predicted molar refractivity (Wildman–Crippen MR) is 78.9 cm³/mol. The Morgan fingerprint density at radius 1 is 1.33 bits per heavy atom. The first-order valence-corrected chi connectivity index (χ1v) is 8.19. The normalized spacial score (nSPS) is 30.2. The Hall–Kier alpha value is -0.190. The maximum atomic E-state index is 13.3. The van der Waals surface area contributed by atoms with Crippen molar-refractivity contribution in [1.29, 1.82) is 0 Å². The zero-order valence-corrected chi connectivity index (χ0v) is 12.5. The van der Waals surface area contributed by atoms with E-state index in [1.54, 1.807) is 6.07 Å². The van der Waals surface area contributed by atoms with Crippen molar-refractivity contribution in [2.45, 2.75) is 42.6 Å². The summed E-state index contributed by atoms with van der Waals surface area (Å²) in [4.78, 5) is 0. The fraction of sp³-hybridized carbons (Fsp3) is 0.571. The molecular formula is C14H19FOS2. The molecule has 0 saturated carbocycles. The van der Waals surface area contributed by atoms with Crippen molar-refractivity contribution in [2.24, 2.45) is 0 Å². The SMILES string of the molecule is Cc1ccc(F)cc1C(O)C1CSC(C)C(C)S1. The number of aliphatic hydroxyl groups is 1. The van der Waals surface area contributed by atoms with Crippen molar-refractivity contribution in [3.05, 3.63) is 35.1 Å². The lowest BCUT2D eigenvalue weighted by atomic mass is 10.0. The fourth-order valence-corrected chi connectivity index (χ4v) is 5.10. The summed E-state index contributed by atoms with van der Waals surface area (Å²) in [6.45, 7) is 6.34. The van der Waals surface area contributed by atoms with Crippen LogP contribution in [0.2, 0.25) is 0 Å². The van der Waals surface area contributed by atoms with Crippen molar-refractivity contribution in [2.75, 3.05) is 5.75 Å². The van der Waals surface area contributed by atoms with Gasteiger partial charge in [-0.1, -0.05) is 19.9 Å². The van der Waals surface area contributed by atoms with Crippen LogP contribution in [0, 0.1) is 12.7 Å². The van der Waals surface area contributed by atoms with Gasteiger partial charge in [-0.3, -0.25) is 0 Å². The van der Waals surface area contributed by atoms with Gasteiger partial charge in [0.2, 0.25) is 0 Å². The van der Waals surface area contributed by atoms with E-state index in [9.17, 15) is 9.50 Å². The average Bonchev–Trinajstić information content (AvgIpc) is 2.35. The molecule has 1 aliphatic heterocycles. The van der Waals surface area contributed by atoms with Gasteiger partial charge in [-0.2, -0.15) is 23.5 Å². The Bertz CT molecular complexity index is 424. The van der Waals surface area contributed by atoms with Gasteiger partial charge in [-0.25, -0.2) is 4.39 Å². The van der Waals surface area contributed by atoms with Crippen molar-refractivity contribution in [1.82, 2.24) is 0 Å². The first-order valence-electron chi connectivity index (χ1n) is 6.20. The average molecular weight is 286 g/mol. The lowest BCUT2D eigenvalue weighted by molar-refractivity contribution is 0.179. The summed E-state index contributed by atoms with van der Waals surface area (Å²) < 4.78 is 13.3. The molecule has 100 valence electrons. The third-order valence-electron chi connectivity index (χ3n) is 3.49. The van der Waals surface area contributed by atoms with Crippen LogP contribution < -0.4 is 0 Å². The second kappa shape index (κ2) is 5.85. The summed E-state index contributed by atoms with van der Waals surface area (Å²) in [6.07, 6.45) is -0.576.